The average Bonchev–Trinajstić information content (AvgIpc) is 3.27. The smallest absolute Gasteiger partial charge is 0.272 e. The zero-order valence-corrected chi connectivity index (χ0v) is 21.2. The number of aromatic nitrogens is 2. The van der Waals surface area contributed by atoms with Crippen LogP contribution in [-0.2, 0) is 13.0 Å². The second-order valence-corrected chi connectivity index (χ2v) is 9.41. The highest BCUT2D eigenvalue weighted by Crippen LogP contribution is 2.29. The fourth-order valence-corrected chi connectivity index (χ4v) is 4.80. The molecule has 3 aromatic rings. The number of fused-ring (bicyclic) bond motifs is 1. The van der Waals surface area contributed by atoms with Crippen LogP contribution in [0.15, 0.2) is 54.6 Å². The number of anilines is 1. The third kappa shape index (κ3) is 5.59. The number of aryl methyl sites for hydroxylation is 1. The van der Waals surface area contributed by atoms with Crippen molar-refractivity contribution in [2.75, 3.05) is 11.4 Å². The molecule has 0 saturated heterocycles. The summed E-state index contributed by atoms with van der Waals surface area (Å²) >= 11 is 6.19. The molecule has 4 rings (SSSR count). The molecule has 1 atom stereocenters. The lowest BCUT2D eigenvalue weighted by atomic mass is 10.0. The molecule has 6 nitrogen and oxygen atoms in total. The van der Waals surface area contributed by atoms with Crippen LogP contribution in [-0.4, -0.2) is 27.9 Å². The van der Waals surface area contributed by atoms with Crippen molar-refractivity contribution in [2.45, 2.75) is 65.0 Å². The Morgan fingerprint density at radius 3 is 2.63 bits per heavy atom. The highest BCUT2D eigenvalue weighted by atomic mass is 35.5. The third-order valence-corrected chi connectivity index (χ3v) is 6.73. The Bertz CT molecular complexity index is 1170. The van der Waals surface area contributed by atoms with E-state index in [1.807, 2.05) is 34.9 Å². The minimum absolute atomic E-state index is 0.126. The van der Waals surface area contributed by atoms with Gasteiger partial charge in [0.25, 0.3) is 11.8 Å². The lowest BCUT2D eigenvalue weighted by molar-refractivity contribution is 0.0925. The van der Waals surface area contributed by atoms with Crippen molar-refractivity contribution in [3.8, 4) is 0 Å². The molecular weight excluding hydrogens is 460 g/mol. The van der Waals surface area contributed by atoms with Gasteiger partial charge in [0.2, 0.25) is 0 Å². The summed E-state index contributed by atoms with van der Waals surface area (Å²) in [5.74, 6) is 0.919. The molecule has 0 fully saturated rings. The Morgan fingerprint density at radius 1 is 1.11 bits per heavy atom. The van der Waals surface area contributed by atoms with E-state index in [2.05, 4.69) is 19.2 Å². The Labute approximate surface area is 212 Å². The van der Waals surface area contributed by atoms with E-state index in [-0.39, 0.29) is 17.9 Å². The van der Waals surface area contributed by atoms with Crippen molar-refractivity contribution >= 4 is 29.2 Å². The van der Waals surface area contributed by atoms with E-state index in [1.165, 1.54) is 0 Å². The molecule has 1 aliphatic heterocycles. The minimum Gasteiger partial charge on any atom is -0.344 e. The number of unbranched alkanes of at least 4 members (excludes halogenated alkanes) is 1. The van der Waals surface area contributed by atoms with Crippen LogP contribution < -0.4 is 10.2 Å². The molecule has 0 bridgehead atoms. The van der Waals surface area contributed by atoms with E-state index in [0.717, 1.165) is 56.5 Å². The van der Waals surface area contributed by atoms with Crippen LogP contribution in [0.2, 0.25) is 5.02 Å². The molecule has 1 unspecified atom stereocenters. The van der Waals surface area contributed by atoms with Gasteiger partial charge in [-0.05, 0) is 49.4 Å². The van der Waals surface area contributed by atoms with Gasteiger partial charge in [-0.1, -0.05) is 68.3 Å². The lowest BCUT2D eigenvalue weighted by Gasteiger charge is -2.24. The van der Waals surface area contributed by atoms with Crippen LogP contribution >= 0.6 is 11.6 Å². The number of hydrogen-bond donors (Lipinski definition) is 1. The standard InChI is InChI=1S/C28H33ClN4O2/c1-3-5-17-33(28(35)21-14-11-15-22(29)19-21)26-25(32-18-10-9-16-24(32)31-26)27(34)30-23(4-2)20-12-7-6-8-13-20/h6-8,11-15,19,23H,3-5,9-10,16-18H2,1-2H3,(H,30,34). The Balaban J connectivity index is 1.75. The maximum absolute atomic E-state index is 13.8. The first-order valence-electron chi connectivity index (χ1n) is 12.6. The third-order valence-electron chi connectivity index (χ3n) is 6.50. The highest BCUT2D eigenvalue weighted by molar-refractivity contribution is 6.31. The summed E-state index contributed by atoms with van der Waals surface area (Å²) < 4.78 is 2.01. The zero-order chi connectivity index (χ0) is 24.8. The predicted octanol–water partition coefficient (Wildman–Crippen LogP) is 6.20. The molecular formula is C28H33ClN4O2. The van der Waals surface area contributed by atoms with Gasteiger partial charge in [-0.2, -0.15) is 0 Å². The summed E-state index contributed by atoms with van der Waals surface area (Å²) in [5, 5.41) is 3.72. The molecule has 2 amide bonds. The number of carbonyl (C=O) groups is 2. The van der Waals surface area contributed by atoms with Gasteiger partial charge in [0.05, 0.1) is 6.04 Å². The number of nitrogens with one attached hydrogen (secondary N) is 1. The molecule has 35 heavy (non-hydrogen) atoms. The van der Waals surface area contributed by atoms with Gasteiger partial charge < -0.3 is 9.88 Å². The summed E-state index contributed by atoms with van der Waals surface area (Å²) in [4.78, 5) is 34.0. The van der Waals surface area contributed by atoms with E-state index in [0.29, 0.717) is 28.6 Å². The van der Waals surface area contributed by atoms with Gasteiger partial charge in [-0.15, -0.1) is 0 Å². The van der Waals surface area contributed by atoms with Gasteiger partial charge in [0, 0.05) is 30.1 Å². The second kappa shape index (κ2) is 11.5. The topological polar surface area (TPSA) is 67.2 Å². The van der Waals surface area contributed by atoms with Crippen molar-refractivity contribution in [1.82, 2.24) is 14.9 Å². The first-order valence-corrected chi connectivity index (χ1v) is 12.9. The number of rotatable bonds is 9. The average molecular weight is 493 g/mol. The molecule has 0 radical (unpaired) electrons. The largest absolute Gasteiger partial charge is 0.344 e. The Kier molecular flexibility index (Phi) is 8.24. The summed E-state index contributed by atoms with van der Waals surface area (Å²) in [6, 6.07) is 16.8. The zero-order valence-electron chi connectivity index (χ0n) is 20.5. The summed E-state index contributed by atoms with van der Waals surface area (Å²) in [5.41, 5.74) is 2.02. The monoisotopic (exact) mass is 492 g/mol. The van der Waals surface area contributed by atoms with E-state index >= 15 is 0 Å². The van der Waals surface area contributed by atoms with Crippen LogP contribution in [0.3, 0.4) is 0 Å². The lowest BCUT2D eigenvalue weighted by Crippen LogP contribution is -2.36. The van der Waals surface area contributed by atoms with Crippen LogP contribution in [0.4, 0.5) is 5.82 Å². The maximum Gasteiger partial charge on any atom is 0.272 e. The minimum atomic E-state index is -0.197. The van der Waals surface area contributed by atoms with E-state index in [4.69, 9.17) is 16.6 Å². The molecule has 0 saturated carbocycles. The van der Waals surface area contributed by atoms with Crippen LogP contribution in [0.1, 0.15) is 84.2 Å². The molecule has 0 spiro atoms. The van der Waals surface area contributed by atoms with Gasteiger partial charge in [-0.25, -0.2) is 4.98 Å². The molecule has 1 N–H and O–H groups in total. The van der Waals surface area contributed by atoms with Crippen molar-refractivity contribution in [2.24, 2.45) is 0 Å². The molecule has 1 aliphatic rings. The van der Waals surface area contributed by atoms with Crippen molar-refractivity contribution in [1.29, 1.82) is 0 Å². The number of carbonyl (C=O) groups excluding carboxylic acids is 2. The first-order chi connectivity index (χ1) is 17.0. The van der Waals surface area contributed by atoms with Crippen molar-refractivity contribution in [3.63, 3.8) is 0 Å². The molecule has 7 heteroatoms. The fourth-order valence-electron chi connectivity index (χ4n) is 4.61. The SMILES string of the molecule is CCCCN(C(=O)c1cccc(Cl)c1)c1nc2n(c1C(=O)NC(CC)c1ccccc1)CCCC2. The van der Waals surface area contributed by atoms with Crippen LogP contribution in [0, 0.1) is 0 Å². The number of imidazole rings is 1. The number of nitrogens with zero attached hydrogens (tertiary/aromatic N) is 3. The normalized spacial score (nSPS) is 13.7. The summed E-state index contributed by atoms with van der Waals surface area (Å²) in [6.07, 6.45) is 5.28. The molecule has 184 valence electrons. The molecule has 0 aliphatic carbocycles. The fraction of sp³-hybridized carbons (Fsp3) is 0.393. The number of benzene rings is 2. The van der Waals surface area contributed by atoms with Gasteiger partial charge in [0.1, 0.15) is 5.82 Å². The molecule has 2 aromatic carbocycles. The number of halogens is 1. The van der Waals surface area contributed by atoms with Crippen molar-refractivity contribution < 1.29 is 9.59 Å². The van der Waals surface area contributed by atoms with E-state index < -0.39 is 0 Å². The molecule has 1 aromatic heterocycles. The van der Waals surface area contributed by atoms with Crippen LogP contribution in [0.5, 0.6) is 0 Å². The van der Waals surface area contributed by atoms with E-state index in [9.17, 15) is 9.59 Å². The first kappa shape index (κ1) is 25.0. The van der Waals surface area contributed by atoms with Gasteiger partial charge in [0.15, 0.2) is 11.5 Å². The second-order valence-electron chi connectivity index (χ2n) is 8.97. The Hall–Kier alpha value is -3.12. The highest BCUT2D eigenvalue weighted by Gasteiger charge is 2.32. The number of amides is 2. The predicted molar refractivity (Wildman–Crippen MR) is 140 cm³/mol. The summed E-state index contributed by atoms with van der Waals surface area (Å²) in [7, 11) is 0. The van der Waals surface area contributed by atoms with Gasteiger partial charge >= 0.3 is 0 Å². The van der Waals surface area contributed by atoms with Crippen molar-refractivity contribution in [3.05, 3.63) is 82.3 Å². The summed E-state index contributed by atoms with van der Waals surface area (Å²) in [6.45, 7) is 5.34. The quantitative estimate of drug-likeness (QED) is 0.386. The van der Waals surface area contributed by atoms with Gasteiger partial charge in [-0.3, -0.25) is 14.5 Å². The van der Waals surface area contributed by atoms with Crippen LogP contribution in [0.25, 0.3) is 0 Å². The Morgan fingerprint density at radius 2 is 1.91 bits per heavy atom. The maximum atomic E-state index is 13.8. The number of hydrogen-bond acceptors (Lipinski definition) is 3. The van der Waals surface area contributed by atoms with E-state index in [1.54, 1.807) is 29.2 Å². The molecule has 2 heterocycles.